The standard InChI is InChI=1S/C19H13N5O5S2/c1-21-10-11(13-4-2-3-5-15(13)21)8-17-18(25)22(19(30)31-17)20-14-7-6-12(23(26)27)9-16(14)24(28)29/h2-10,20H,1H3/b17-8+. The number of carbonyl (C=O) groups excluding carboxylic acids is 1. The van der Waals surface area contributed by atoms with E-state index in [2.05, 4.69) is 5.43 Å². The van der Waals surface area contributed by atoms with Crippen LogP contribution in [0.5, 0.6) is 0 Å². The van der Waals surface area contributed by atoms with Gasteiger partial charge in [-0.25, -0.2) is 5.01 Å². The molecule has 3 aromatic rings. The first-order chi connectivity index (χ1) is 14.8. The maximum Gasteiger partial charge on any atom is 0.300 e. The molecule has 1 aliphatic heterocycles. The highest BCUT2D eigenvalue weighted by Gasteiger charge is 2.34. The van der Waals surface area contributed by atoms with Crippen LogP contribution in [-0.2, 0) is 11.8 Å². The number of hydrogen-bond acceptors (Lipinski definition) is 8. The van der Waals surface area contributed by atoms with Crippen LogP contribution in [0.15, 0.2) is 53.6 Å². The number of aryl methyl sites for hydroxylation is 1. The third-order valence-electron chi connectivity index (χ3n) is 4.63. The van der Waals surface area contributed by atoms with Crippen LogP contribution in [-0.4, -0.2) is 29.7 Å². The highest BCUT2D eigenvalue weighted by molar-refractivity contribution is 8.26. The van der Waals surface area contributed by atoms with Gasteiger partial charge in [-0.2, -0.15) is 0 Å². The van der Waals surface area contributed by atoms with E-state index in [0.717, 1.165) is 45.4 Å². The molecule has 10 nitrogen and oxygen atoms in total. The summed E-state index contributed by atoms with van der Waals surface area (Å²) in [5.74, 6) is -0.476. The molecule has 2 aromatic carbocycles. The number of hydrazine groups is 1. The maximum atomic E-state index is 12.9. The minimum absolute atomic E-state index is 0.0849. The summed E-state index contributed by atoms with van der Waals surface area (Å²) in [5, 5.41) is 24.3. The fourth-order valence-electron chi connectivity index (χ4n) is 3.19. The van der Waals surface area contributed by atoms with Crippen molar-refractivity contribution in [1.82, 2.24) is 9.58 Å². The van der Waals surface area contributed by atoms with E-state index < -0.39 is 27.1 Å². The molecule has 0 saturated carbocycles. The molecular weight excluding hydrogens is 442 g/mol. The van der Waals surface area contributed by atoms with Gasteiger partial charge in [0, 0.05) is 35.8 Å². The SMILES string of the molecule is Cn1cc(/C=C2/SC(=S)N(Nc3ccc([N+](=O)[O-])cc3[N+](=O)[O-])C2=O)c2ccccc21. The predicted molar refractivity (Wildman–Crippen MR) is 121 cm³/mol. The summed E-state index contributed by atoms with van der Waals surface area (Å²) in [6.45, 7) is 0. The van der Waals surface area contributed by atoms with Gasteiger partial charge in [0.15, 0.2) is 4.32 Å². The van der Waals surface area contributed by atoms with Gasteiger partial charge in [0.1, 0.15) is 5.69 Å². The van der Waals surface area contributed by atoms with Crippen LogP contribution in [0.2, 0.25) is 0 Å². The summed E-state index contributed by atoms with van der Waals surface area (Å²) in [7, 11) is 1.90. The topological polar surface area (TPSA) is 124 Å². The van der Waals surface area contributed by atoms with E-state index in [1.807, 2.05) is 42.1 Å². The fourth-order valence-corrected chi connectivity index (χ4v) is 4.36. The molecule has 12 heteroatoms. The smallest absolute Gasteiger partial charge is 0.300 e. The highest BCUT2D eigenvalue weighted by Crippen LogP contribution is 2.36. The Morgan fingerprint density at radius 3 is 2.58 bits per heavy atom. The largest absolute Gasteiger partial charge is 0.350 e. The van der Waals surface area contributed by atoms with Gasteiger partial charge >= 0.3 is 5.69 Å². The molecular formula is C19H13N5O5S2. The third kappa shape index (κ3) is 3.73. The zero-order valence-corrected chi connectivity index (χ0v) is 17.5. The van der Waals surface area contributed by atoms with Gasteiger partial charge in [-0.15, -0.1) is 0 Å². The molecule has 1 fully saturated rings. The number of nitro groups is 2. The van der Waals surface area contributed by atoms with Crippen molar-refractivity contribution < 1.29 is 14.6 Å². The van der Waals surface area contributed by atoms with Crippen molar-refractivity contribution in [3.05, 3.63) is 79.4 Å². The van der Waals surface area contributed by atoms with Crippen molar-refractivity contribution in [2.45, 2.75) is 0 Å². The first kappa shape index (κ1) is 20.5. The Balaban J connectivity index is 1.66. The van der Waals surface area contributed by atoms with Crippen LogP contribution in [0.25, 0.3) is 17.0 Å². The normalized spacial score (nSPS) is 15.1. The number of benzene rings is 2. The van der Waals surface area contributed by atoms with E-state index in [1.54, 1.807) is 6.08 Å². The Bertz CT molecular complexity index is 1320. The van der Waals surface area contributed by atoms with Crippen molar-refractivity contribution in [3.63, 3.8) is 0 Å². The average Bonchev–Trinajstić information content (AvgIpc) is 3.19. The van der Waals surface area contributed by atoms with Gasteiger partial charge < -0.3 is 4.57 Å². The van der Waals surface area contributed by atoms with Crippen molar-refractivity contribution >= 4 is 68.2 Å². The van der Waals surface area contributed by atoms with Crippen LogP contribution in [0.1, 0.15) is 5.56 Å². The number of carbonyl (C=O) groups is 1. The lowest BCUT2D eigenvalue weighted by Gasteiger charge is -2.16. The summed E-state index contributed by atoms with van der Waals surface area (Å²) < 4.78 is 2.10. The molecule has 0 radical (unpaired) electrons. The Morgan fingerprint density at radius 1 is 1.13 bits per heavy atom. The molecule has 31 heavy (non-hydrogen) atoms. The molecule has 1 saturated heterocycles. The zero-order chi connectivity index (χ0) is 22.3. The molecule has 0 spiro atoms. The molecule has 1 N–H and O–H groups in total. The predicted octanol–water partition coefficient (Wildman–Crippen LogP) is 4.22. The molecule has 4 rings (SSSR count). The minimum atomic E-state index is -0.765. The number of nitrogens with one attached hydrogen (secondary N) is 1. The van der Waals surface area contributed by atoms with E-state index in [-0.39, 0.29) is 10.0 Å². The van der Waals surface area contributed by atoms with Gasteiger partial charge in [-0.05, 0) is 30.4 Å². The van der Waals surface area contributed by atoms with Crippen LogP contribution >= 0.6 is 24.0 Å². The first-order valence-electron chi connectivity index (χ1n) is 8.78. The number of nitro benzene ring substituents is 2. The van der Waals surface area contributed by atoms with E-state index in [4.69, 9.17) is 12.2 Å². The van der Waals surface area contributed by atoms with Gasteiger partial charge in [-0.1, -0.05) is 30.0 Å². The number of thioether (sulfide) groups is 1. The lowest BCUT2D eigenvalue weighted by Crippen LogP contribution is -2.34. The highest BCUT2D eigenvalue weighted by atomic mass is 32.2. The number of amides is 1. The second-order valence-corrected chi connectivity index (χ2v) is 8.23. The number of rotatable bonds is 5. The molecule has 0 bridgehead atoms. The quantitative estimate of drug-likeness (QED) is 0.262. The third-order valence-corrected chi connectivity index (χ3v) is 5.93. The van der Waals surface area contributed by atoms with E-state index >= 15 is 0 Å². The van der Waals surface area contributed by atoms with Crippen LogP contribution in [0, 0.1) is 20.2 Å². The van der Waals surface area contributed by atoms with E-state index in [0.29, 0.717) is 4.91 Å². The van der Waals surface area contributed by atoms with Gasteiger partial charge in [0.2, 0.25) is 0 Å². The van der Waals surface area contributed by atoms with Gasteiger partial charge in [0.05, 0.1) is 20.8 Å². The van der Waals surface area contributed by atoms with Crippen molar-refractivity contribution in [2.24, 2.45) is 7.05 Å². The summed E-state index contributed by atoms with van der Waals surface area (Å²) in [6.07, 6.45) is 3.61. The number of non-ortho nitro benzene ring substituents is 1. The number of para-hydroxylation sites is 1. The molecule has 2 heterocycles. The number of aromatic nitrogens is 1. The second-order valence-electron chi connectivity index (χ2n) is 6.56. The molecule has 1 aromatic heterocycles. The van der Waals surface area contributed by atoms with Crippen LogP contribution in [0.3, 0.4) is 0 Å². The number of hydrogen-bond donors (Lipinski definition) is 1. The molecule has 156 valence electrons. The number of thiocarbonyl (C=S) groups is 1. The molecule has 0 atom stereocenters. The first-order valence-corrected chi connectivity index (χ1v) is 10.0. The minimum Gasteiger partial charge on any atom is -0.350 e. The Hall–Kier alpha value is -3.77. The summed E-state index contributed by atoms with van der Waals surface area (Å²) in [5.41, 5.74) is 3.41. The number of fused-ring (bicyclic) bond motifs is 1. The molecule has 0 unspecified atom stereocenters. The lowest BCUT2D eigenvalue weighted by atomic mass is 10.1. The number of anilines is 1. The average molecular weight is 455 g/mol. The Kier molecular flexibility index (Phi) is 5.17. The van der Waals surface area contributed by atoms with E-state index in [1.165, 1.54) is 6.07 Å². The second kappa shape index (κ2) is 7.81. The summed E-state index contributed by atoms with van der Waals surface area (Å²) >= 11 is 6.32. The summed E-state index contributed by atoms with van der Waals surface area (Å²) in [4.78, 5) is 34.0. The molecule has 1 aliphatic rings. The Labute approximate surface area is 184 Å². The van der Waals surface area contributed by atoms with Crippen LogP contribution < -0.4 is 5.43 Å². The van der Waals surface area contributed by atoms with Crippen molar-refractivity contribution in [2.75, 3.05) is 5.43 Å². The van der Waals surface area contributed by atoms with E-state index in [9.17, 15) is 25.0 Å². The van der Waals surface area contributed by atoms with Gasteiger partial charge in [0.25, 0.3) is 11.6 Å². The maximum absolute atomic E-state index is 12.9. The van der Waals surface area contributed by atoms with Crippen LogP contribution in [0.4, 0.5) is 17.1 Å². The zero-order valence-electron chi connectivity index (χ0n) is 15.8. The number of nitrogens with zero attached hydrogens (tertiary/aromatic N) is 4. The summed E-state index contributed by atoms with van der Waals surface area (Å²) in [6, 6.07) is 10.8. The lowest BCUT2D eigenvalue weighted by molar-refractivity contribution is -0.393. The van der Waals surface area contributed by atoms with Crippen molar-refractivity contribution in [3.8, 4) is 0 Å². The monoisotopic (exact) mass is 455 g/mol. The fraction of sp³-hybridized carbons (Fsp3) is 0.0526. The molecule has 0 aliphatic carbocycles. The Morgan fingerprint density at radius 2 is 1.87 bits per heavy atom. The molecule has 1 amide bonds. The van der Waals surface area contributed by atoms with Crippen molar-refractivity contribution in [1.29, 1.82) is 0 Å². The van der Waals surface area contributed by atoms with Gasteiger partial charge in [-0.3, -0.25) is 30.4 Å².